The number of halogens is 2. The zero-order valence-corrected chi connectivity index (χ0v) is 14.5. The Balaban J connectivity index is 1.53. The second-order valence-electron chi connectivity index (χ2n) is 5.84. The van der Waals surface area contributed by atoms with Crippen LogP contribution in [-0.2, 0) is 13.0 Å². The van der Waals surface area contributed by atoms with Gasteiger partial charge in [-0.05, 0) is 36.2 Å². The third-order valence-electron chi connectivity index (χ3n) is 3.90. The van der Waals surface area contributed by atoms with Crippen molar-refractivity contribution in [2.75, 3.05) is 11.9 Å². The van der Waals surface area contributed by atoms with Crippen molar-refractivity contribution >= 4 is 11.9 Å². The molecule has 0 saturated heterocycles. The fourth-order valence-corrected chi connectivity index (χ4v) is 2.45. The zero-order chi connectivity index (χ0) is 19.1. The standard InChI is InChI=1S/C20H18F2N4O/c21-16-7-5-14(6-8-16)9-11-23-19(27)18-10-12-24-20(26-18)25-13-15-3-1-2-4-17(15)22/h1-8,10,12H,9,11,13H2,(H,23,27)(H,24,25,26). The lowest BCUT2D eigenvalue weighted by Crippen LogP contribution is -2.26. The SMILES string of the molecule is O=C(NCCc1ccc(F)cc1)c1ccnc(NCc2ccccc2F)n1. The van der Waals surface area contributed by atoms with E-state index in [1.165, 1.54) is 30.5 Å². The Morgan fingerprint density at radius 3 is 2.56 bits per heavy atom. The Morgan fingerprint density at radius 1 is 1.00 bits per heavy atom. The number of carbonyl (C=O) groups excluding carboxylic acids is 1. The van der Waals surface area contributed by atoms with E-state index in [0.29, 0.717) is 18.5 Å². The van der Waals surface area contributed by atoms with E-state index in [2.05, 4.69) is 20.6 Å². The third-order valence-corrected chi connectivity index (χ3v) is 3.90. The van der Waals surface area contributed by atoms with Crippen LogP contribution < -0.4 is 10.6 Å². The van der Waals surface area contributed by atoms with Crippen LogP contribution in [0.3, 0.4) is 0 Å². The van der Waals surface area contributed by atoms with Gasteiger partial charge in [-0.3, -0.25) is 4.79 Å². The predicted octanol–water partition coefficient (Wildman–Crippen LogP) is 3.34. The topological polar surface area (TPSA) is 66.9 Å². The van der Waals surface area contributed by atoms with E-state index < -0.39 is 0 Å². The first-order valence-electron chi connectivity index (χ1n) is 8.45. The quantitative estimate of drug-likeness (QED) is 0.671. The van der Waals surface area contributed by atoms with Crippen LogP contribution in [0.4, 0.5) is 14.7 Å². The Labute approximate surface area is 155 Å². The van der Waals surface area contributed by atoms with Gasteiger partial charge in [0.15, 0.2) is 0 Å². The smallest absolute Gasteiger partial charge is 0.270 e. The number of carbonyl (C=O) groups is 1. The molecule has 3 rings (SSSR count). The van der Waals surface area contributed by atoms with Crippen molar-refractivity contribution in [2.45, 2.75) is 13.0 Å². The van der Waals surface area contributed by atoms with Crippen molar-refractivity contribution in [1.29, 1.82) is 0 Å². The molecule has 0 aliphatic carbocycles. The average Bonchev–Trinajstić information content (AvgIpc) is 2.69. The fourth-order valence-electron chi connectivity index (χ4n) is 2.45. The Hall–Kier alpha value is -3.35. The number of hydrogen-bond donors (Lipinski definition) is 2. The summed E-state index contributed by atoms with van der Waals surface area (Å²) in [6.45, 7) is 0.606. The first-order chi connectivity index (χ1) is 13.1. The number of amides is 1. The molecule has 0 aliphatic heterocycles. The monoisotopic (exact) mass is 368 g/mol. The minimum Gasteiger partial charge on any atom is -0.350 e. The average molecular weight is 368 g/mol. The molecule has 5 nitrogen and oxygen atoms in total. The lowest BCUT2D eigenvalue weighted by molar-refractivity contribution is 0.0949. The molecule has 0 atom stereocenters. The number of aromatic nitrogens is 2. The van der Waals surface area contributed by atoms with Crippen LogP contribution in [0, 0.1) is 11.6 Å². The molecule has 0 saturated carbocycles. The van der Waals surface area contributed by atoms with Crippen molar-refractivity contribution in [2.24, 2.45) is 0 Å². The van der Waals surface area contributed by atoms with E-state index in [4.69, 9.17) is 0 Å². The lowest BCUT2D eigenvalue weighted by atomic mass is 10.1. The minimum atomic E-state index is -0.339. The molecule has 0 fully saturated rings. The van der Waals surface area contributed by atoms with Gasteiger partial charge in [-0.25, -0.2) is 18.7 Å². The van der Waals surface area contributed by atoms with Crippen LogP contribution >= 0.6 is 0 Å². The molecule has 0 bridgehead atoms. The molecule has 7 heteroatoms. The Bertz CT molecular complexity index is 916. The summed E-state index contributed by atoms with van der Waals surface area (Å²) in [7, 11) is 0. The number of anilines is 1. The zero-order valence-electron chi connectivity index (χ0n) is 14.5. The van der Waals surface area contributed by atoms with Crippen LogP contribution in [0.15, 0.2) is 60.8 Å². The highest BCUT2D eigenvalue weighted by Crippen LogP contribution is 2.09. The third kappa shape index (κ3) is 5.31. The van der Waals surface area contributed by atoms with Gasteiger partial charge in [0.05, 0.1) is 0 Å². The molecular formula is C20H18F2N4O. The Morgan fingerprint density at radius 2 is 1.78 bits per heavy atom. The van der Waals surface area contributed by atoms with Gasteiger partial charge in [0.2, 0.25) is 5.95 Å². The van der Waals surface area contributed by atoms with Crippen molar-refractivity contribution < 1.29 is 13.6 Å². The minimum absolute atomic E-state index is 0.208. The second-order valence-corrected chi connectivity index (χ2v) is 5.84. The van der Waals surface area contributed by atoms with Gasteiger partial charge in [0.1, 0.15) is 17.3 Å². The first-order valence-corrected chi connectivity index (χ1v) is 8.45. The van der Waals surface area contributed by atoms with E-state index in [1.54, 1.807) is 30.3 Å². The molecule has 2 N–H and O–H groups in total. The van der Waals surface area contributed by atoms with E-state index in [1.807, 2.05) is 0 Å². The number of rotatable bonds is 7. The summed E-state index contributed by atoms with van der Waals surface area (Å²) < 4.78 is 26.5. The highest BCUT2D eigenvalue weighted by atomic mass is 19.1. The van der Waals surface area contributed by atoms with Gasteiger partial charge in [-0.1, -0.05) is 30.3 Å². The summed E-state index contributed by atoms with van der Waals surface area (Å²) in [4.78, 5) is 20.4. The van der Waals surface area contributed by atoms with Crippen LogP contribution in [0.25, 0.3) is 0 Å². The normalized spacial score (nSPS) is 10.4. The molecule has 0 unspecified atom stereocenters. The summed E-state index contributed by atoms with van der Waals surface area (Å²) in [5.74, 6) is -0.711. The predicted molar refractivity (Wildman–Crippen MR) is 98.2 cm³/mol. The van der Waals surface area contributed by atoms with E-state index in [0.717, 1.165) is 5.56 Å². The summed E-state index contributed by atoms with van der Waals surface area (Å²) >= 11 is 0. The van der Waals surface area contributed by atoms with Gasteiger partial charge in [0, 0.05) is 24.8 Å². The number of hydrogen-bond acceptors (Lipinski definition) is 4. The van der Waals surface area contributed by atoms with Crippen molar-refractivity contribution in [3.8, 4) is 0 Å². The van der Waals surface area contributed by atoms with Crippen LogP contribution in [-0.4, -0.2) is 22.4 Å². The van der Waals surface area contributed by atoms with Crippen molar-refractivity contribution in [3.05, 3.63) is 89.2 Å². The van der Waals surface area contributed by atoms with Gasteiger partial charge in [0.25, 0.3) is 5.91 Å². The number of nitrogens with zero attached hydrogens (tertiary/aromatic N) is 2. The fraction of sp³-hybridized carbons (Fsp3) is 0.150. The van der Waals surface area contributed by atoms with Crippen LogP contribution in [0.5, 0.6) is 0 Å². The number of nitrogens with one attached hydrogen (secondary N) is 2. The molecular weight excluding hydrogens is 350 g/mol. The highest BCUT2D eigenvalue weighted by molar-refractivity contribution is 5.92. The van der Waals surface area contributed by atoms with Crippen molar-refractivity contribution in [1.82, 2.24) is 15.3 Å². The van der Waals surface area contributed by atoms with E-state index >= 15 is 0 Å². The maximum Gasteiger partial charge on any atom is 0.270 e. The maximum absolute atomic E-state index is 13.6. The van der Waals surface area contributed by atoms with Gasteiger partial charge >= 0.3 is 0 Å². The molecule has 27 heavy (non-hydrogen) atoms. The molecule has 2 aromatic carbocycles. The molecule has 0 radical (unpaired) electrons. The summed E-state index contributed by atoms with van der Waals surface area (Å²) in [6, 6.07) is 14.0. The second kappa shape index (κ2) is 8.84. The van der Waals surface area contributed by atoms with Gasteiger partial charge < -0.3 is 10.6 Å². The largest absolute Gasteiger partial charge is 0.350 e. The molecule has 3 aromatic rings. The molecule has 1 heterocycles. The Kier molecular flexibility index (Phi) is 6.04. The summed E-state index contributed by atoms with van der Waals surface area (Å²) in [5.41, 5.74) is 1.61. The molecule has 0 aliphatic rings. The van der Waals surface area contributed by atoms with E-state index in [9.17, 15) is 13.6 Å². The molecule has 138 valence electrons. The summed E-state index contributed by atoms with van der Waals surface area (Å²) in [5, 5.41) is 5.67. The van der Waals surface area contributed by atoms with Gasteiger partial charge in [-0.2, -0.15) is 0 Å². The first kappa shape index (κ1) is 18.4. The maximum atomic E-state index is 13.6. The highest BCUT2D eigenvalue weighted by Gasteiger charge is 2.09. The van der Waals surface area contributed by atoms with Crippen LogP contribution in [0.1, 0.15) is 21.6 Å². The number of benzene rings is 2. The molecule has 1 amide bonds. The summed E-state index contributed by atoms with van der Waals surface area (Å²) in [6.07, 6.45) is 2.04. The van der Waals surface area contributed by atoms with Crippen LogP contribution in [0.2, 0.25) is 0 Å². The lowest BCUT2D eigenvalue weighted by Gasteiger charge is -2.08. The molecule has 1 aromatic heterocycles. The van der Waals surface area contributed by atoms with Gasteiger partial charge in [-0.15, -0.1) is 0 Å². The van der Waals surface area contributed by atoms with Crippen molar-refractivity contribution in [3.63, 3.8) is 0 Å². The molecule has 0 spiro atoms. The van der Waals surface area contributed by atoms with E-state index in [-0.39, 0.29) is 35.7 Å².